The molecule has 1 fully saturated rings. The van der Waals surface area contributed by atoms with Crippen LogP contribution in [0.3, 0.4) is 0 Å². The minimum Gasteiger partial charge on any atom is -0.491 e. The summed E-state index contributed by atoms with van der Waals surface area (Å²) in [6.45, 7) is 6.99. The van der Waals surface area contributed by atoms with Crippen LogP contribution in [0.4, 0.5) is 0 Å². The summed E-state index contributed by atoms with van der Waals surface area (Å²) in [5.41, 5.74) is 7.23. The van der Waals surface area contributed by atoms with Gasteiger partial charge in [0.25, 0.3) is 0 Å². The lowest BCUT2D eigenvalue weighted by Crippen LogP contribution is -2.25. The second-order valence-electron chi connectivity index (χ2n) is 6.47. The van der Waals surface area contributed by atoms with E-state index in [1.165, 1.54) is 0 Å². The van der Waals surface area contributed by atoms with Gasteiger partial charge < -0.3 is 15.2 Å². The topological polar surface area (TPSA) is 44.5 Å². The van der Waals surface area contributed by atoms with Crippen LogP contribution >= 0.6 is 15.9 Å². The minimum absolute atomic E-state index is 0.0128. The van der Waals surface area contributed by atoms with Gasteiger partial charge in [-0.05, 0) is 63.3 Å². The van der Waals surface area contributed by atoms with Gasteiger partial charge in [-0.2, -0.15) is 0 Å². The summed E-state index contributed by atoms with van der Waals surface area (Å²) in [5, 5.41) is 0. The summed E-state index contributed by atoms with van der Waals surface area (Å²) in [5.74, 6) is 0.926. The first-order valence-electron chi connectivity index (χ1n) is 7.74. The van der Waals surface area contributed by atoms with Crippen LogP contribution in [0.15, 0.2) is 22.7 Å². The molecule has 1 saturated heterocycles. The van der Waals surface area contributed by atoms with E-state index in [1.54, 1.807) is 0 Å². The number of ether oxygens (including phenoxy) is 2. The molecule has 2 unspecified atom stereocenters. The lowest BCUT2D eigenvalue weighted by atomic mass is 10.0. The predicted molar refractivity (Wildman–Crippen MR) is 89.8 cm³/mol. The zero-order valence-electron chi connectivity index (χ0n) is 13.2. The van der Waals surface area contributed by atoms with E-state index in [0.29, 0.717) is 6.61 Å². The molecular weight excluding hydrogens is 330 g/mol. The summed E-state index contributed by atoms with van der Waals surface area (Å²) in [7, 11) is 0. The number of halogens is 1. The van der Waals surface area contributed by atoms with E-state index in [4.69, 9.17) is 15.2 Å². The molecule has 1 heterocycles. The van der Waals surface area contributed by atoms with Crippen molar-refractivity contribution in [3.8, 4) is 5.75 Å². The van der Waals surface area contributed by atoms with Gasteiger partial charge in [0, 0.05) is 10.5 Å². The molecule has 1 aromatic rings. The van der Waals surface area contributed by atoms with Crippen LogP contribution in [0, 0.1) is 0 Å². The molecule has 0 amide bonds. The van der Waals surface area contributed by atoms with E-state index < -0.39 is 0 Å². The maximum absolute atomic E-state index is 6.08. The highest BCUT2D eigenvalue weighted by atomic mass is 79.9. The summed E-state index contributed by atoms with van der Waals surface area (Å²) in [4.78, 5) is 0. The third-order valence-electron chi connectivity index (χ3n) is 4.01. The van der Waals surface area contributed by atoms with Crippen molar-refractivity contribution < 1.29 is 9.47 Å². The predicted octanol–water partition coefficient (Wildman–Crippen LogP) is 4.07. The molecule has 0 spiro atoms. The molecule has 2 atom stereocenters. The van der Waals surface area contributed by atoms with Gasteiger partial charge in [-0.3, -0.25) is 0 Å². The Morgan fingerprint density at radius 1 is 1.48 bits per heavy atom. The van der Waals surface area contributed by atoms with Gasteiger partial charge in [-0.1, -0.05) is 22.9 Å². The maximum Gasteiger partial charge on any atom is 0.122 e. The Bertz CT molecular complexity index is 476. The van der Waals surface area contributed by atoms with Crippen LogP contribution in [-0.2, 0) is 11.2 Å². The second-order valence-corrected chi connectivity index (χ2v) is 7.39. The van der Waals surface area contributed by atoms with Crippen molar-refractivity contribution in [1.82, 2.24) is 0 Å². The molecular formula is C17H26BrNO2. The molecule has 118 valence electrons. The first-order chi connectivity index (χ1) is 9.89. The summed E-state index contributed by atoms with van der Waals surface area (Å²) >= 11 is 3.52. The molecule has 0 aliphatic carbocycles. The zero-order chi connectivity index (χ0) is 15.5. The summed E-state index contributed by atoms with van der Waals surface area (Å²) < 4.78 is 13.1. The van der Waals surface area contributed by atoms with Crippen molar-refractivity contribution in [2.24, 2.45) is 5.73 Å². The molecule has 2 rings (SSSR count). The van der Waals surface area contributed by atoms with Gasteiger partial charge in [0.15, 0.2) is 0 Å². The first-order valence-corrected chi connectivity index (χ1v) is 8.53. The van der Waals surface area contributed by atoms with Crippen molar-refractivity contribution in [2.45, 2.75) is 64.2 Å². The Morgan fingerprint density at radius 3 is 2.86 bits per heavy atom. The number of hydrogen-bond donors (Lipinski definition) is 1. The Kier molecular flexibility index (Phi) is 5.69. The van der Waals surface area contributed by atoms with Gasteiger partial charge in [0.05, 0.1) is 11.7 Å². The smallest absolute Gasteiger partial charge is 0.122 e. The van der Waals surface area contributed by atoms with E-state index in [1.807, 2.05) is 12.1 Å². The Labute approximate surface area is 136 Å². The quantitative estimate of drug-likeness (QED) is 0.836. The normalized spacial score (nSPS) is 22.2. The van der Waals surface area contributed by atoms with Crippen molar-refractivity contribution >= 4 is 15.9 Å². The Hall–Kier alpha value is -0.580. The number of nitrogens with two attached hydrogens (primary N) is 1. The van der Waals surface area contributed by atoms with E-state index in [0.717, 1.165) is 41.5 Å². The molecule has 21 heavy (non-hydrogen) atoms. The largest absolute Gasteiger partial charge is 0.491 e. The molecule has 1 aliphatic rings. The highest BCUT2D eigenvalue weighted by Gasteiger charge is 2.32. The molecule has 0 radical (unpaired) electrons. The maximum atomic E-state index is 6.08. The first kappa shape index (κ1) is 16.8. The van der Waals surface area contributed by atoms with Crippen LogP contribution in [0.25, 0.3) is 0 Å². The molecule has 2 N–H and O–H groups in total. The number of hydrogen-bond acceptors (Lipinski definition) is 3. The standard InChI is InChI=1S/C17H26BrNO2/c1-4-14(19)10-12-9-13(18)5-6-16(12)20-11-15-7-8-17(2,3)21-15/h5-6,9,14-15H,4,7-8,10-11,19H2,1-3H3. The number of benzene rings is 1. The van der Waals surface area contributed by atoms with Crippen molar-refractivity contribution in [3.63, 3.8) is 0 Å². The van der Waals surface area contributed by atoms with Crippen LogP contribution in [0.5, 0.6) is 5.75 Å². The van der Waals surface area contributed by atoms with Gasteiger partial charge in [-0.25, -0.2) is 0 Å². The van der Waals surface area contributed by atoms with Gasteiger partial charge in [0.1, 0.15) is 12.4 Å². The molecule has 1 aromatic carbocycles. The van der Waals surface area contributed by atoms with E-state index in [2.05, 4.69) is 42.8 Å². The lowest BCUT2D eigenvalue weighted by molar-refractivity contribution is -0.0327. The fraction of sp³-hybridized carbons (Fsp3) is 0.647. The summed E-state index contributed by atoms with van der Waals surface area (Å²) in [6, 6.07) is 6.30. The Balaban J connectivity index is 1.99. The van der Waals surface area contributed by atoms with E-state index in [-0.39, 0.29) is 17.7 Å². The lowest BCUT2D eigenvalue weighted by Gasteiger charge is -2.20. The third-order valence-corrected chi connectivity index (χ3v) is 4.50. The Morgan fingerprint density at radius 2 is 2.24 bits per heavy atom. The molecule has 0 saturated carbocycles. The zero-order valence-corrected chi connectivity index (χ0v) is 14.8. The van der Waals surface area contributed by atoms with Gasteiger partial charge in [0.2, 0.25) is 0 Å². The minimum atomic E-state index is -0.0128. The van der Waals surface area contributed by atoms with Crippen molar-refractivity contribution in [1.29, 1.82) is 0 Å². The third kappa shape index (κ3) is 4.97. The monoisotopic (exact) mass is 355 g/mol. The SMILES string of the molecule is CCC(N)Cc1cc(Br)ccc1OCC1CCC(C)(C)O1. The van der Waals surface area contributed by atoms with Gasteiger partial charge >= 0.3 is 0 Å². The van der Waals surface area contributed by atoms with E-state index >= 15 is 0 Å². The second kappa shape index (κ2) is 7.12. The average molecular weight is 356 g/mol. The molecule has 0 aromatic heterocycles. The van der Waals surface area contributed by atoms with Crippen molar-refractivity contribution in [3.05, 3.63) is 28.2 Å². The van der Waals surface area contributed by atoms with Crippen LogP contribution in [0.1, 0.15) is 45.6 Å². The molecule has 0 bridgehead atoms. The van der Waals surface area contributed by atoms with Crippen LogP contribution in [-0.4, -0.2) is 24.4 Å². The highest BCUT2D eigenvalue weighted by molar-refractivity contribution is 9.10. The van der Waals surface area contributed by atoms with E-state index in [9.17, 15) is 0 Å². The highest BCUT2D eigenvalue weighted by Crippen LogP contribution is 2.31. The van der Waals surface area contributed by atoms with Crippen molar-refractivity contribution in [2.75, 3.05) is 6.61 Å². The average Bonchev–Trinajstić information content (AvgIpc) is 2.77. The fourth-order valence-electron chi connectivity index (χ4n) is 2.65. The molecule has 4 heteroatoms. The molecule has 1 aliphatic heterocycles. The molecule has 3 nitrogen and oxygen atoms in total. The van der Waals surface area contributed by atoms with Crippen LogP contribution in [0.2, 0.25) is 0 Å². The number of rotatable bonds is 6. The van der Waals surface area contributed by atoms with Gasteiger partial charge in [-0.15, -0.1) is 0 Å². The van der Waals surface area contributed by atoms with Crippen LogP contribution < -0.4 is 10.5 Å². The summed E-state index contributed by atoms with van der Waals surface area (Å²) in [6.07, 6.45) is 4.15. The fourth-order valence-corrected chi connectivity index (χ4v) is 3.06.